The smallest absolute Gasteiger partial charge is 0.254 e. The lowest BCUT2D eigenvalue weighted by Gasteiger charge is -2.77. The Morgan fingerprint density at radius 3 is 1.94 bits per heavy atom. The number of carbonyl (C=O) groups is 1. The lowest BCUT2D eigenvalue weighted by atomic mass is 9.02. The molecule has 18 heteroatoms. The fourth-order valence-corrected chi connectivity index (χ4v) is 6.37. The van der Waals surface area contributed by atoms with E-state index in [1.807, 2.05) is 20.8 Å². The Labute approximate surface area is 215 Å². The van der Waals surface area contributed by atoms with Crippen LogP contribution < -0.4 is 16.4 Å². The lowest BCUT2D eigenvalue weighted by Crippen LogP contribution is -2.76. The van der Waals surface area contributed by atoms with Gasteiger partial charge in [-0.05, 0) is 31.4 Å². The Balaban J connectivity index is 2.79. The predicted octanol–water partition coefficient (Wildman–Crippen LogP) is -9.19. The first-order valence-corrected chi connectivity index (χ1v) is 12.3. The molecule has 2 rings (SSSR count). The van der Waals surface area contributed by atoms with Crippen molar-refractivity contribution in [2.45, 2.75) is 63.9 Å². The highest BCUT2D eigenvalue weighted by Crippen LogP contribution is 2.78. The van der Waals surface area contributed by atoms with E-state index >= 15 is 0 Å². The summed E-state index contributed by atoms with van der Waals surface area (Å²) < 4.78 is 0. The van der Waals surface area contributed by atoms with Gasteiger partial charge in [0.1, 0.15) is 37.2 Å². The van der Waals surface area contributed by atoms with Crippen LogP contribution >= 0.6 is 0 Å². The largest absolute Gasteiger partial charge is 0.394 e. The summed E-state index contributed by atoms with van der Waals surface area (Å²) in [5.74, 6) is 0.189. The molecular formula is C16H38B11N5O2. The Morgan fingerprint density at radius 1 is 1.03 bits per heavy atom. The summed E-state index contributed by atoms with van der Waals surface area (Å²) in [5.41, 5.74) is 5.02. The van der Waals surface area contributed by atoms with E-state index in [1.54, 1.807) is 0 Å². The highest BCUT2D eigenvalue weighted by Gasteiger charge is 2.72. The molecule has 7 nitrogen and oxygen atoms in total. The quantitative estimate of drug-likeness (QED) is 0.331. The zero-order valence-electron chi connectivity index (χ0n) is 24.0. The molecule has 1 saturated carbocycles. The standard InChI is InChI=1S/C16H38B11N5O2/c1-10(2,3)32-9-29-4-5(6(28)33)7(30-9)31-15(24)12(18,19)8(34)11(17,16(25,26)27)13(20,21)14(15,22)23/h4,8,34H,17-27H2,1-3H3,(H2,28,33)(H2,29,30,31,32). The van der Waals surface area contributed by atoms with Crippen molar-refractivity contribution in [1.82, 2.24) is 9.97 Å². The van der Waals surface area contributed by atoms with Crippen molar-refractivity contribution in [2.75, 3.05) is 10.6 Å². The first kappa shape index (κ1) is 29.1. The van der Waals surface area contributed by atoms with E-state index in [4.69, 9.17) is 10.7 Å². The average molecular weight is 451 g/mol. The van der Waals surface area contributed by atoms with E-state index in [2.05, 4.69) is 102 Å². The van der Waals surface area contributed by atoms with Crippen molar-refractivity contribution in [3.63, 3.8) is 0 Å². The second-order valence-corrected chi connectivity index (χ2v) is 14.3. The number of hydrogen-bond acceptors (Lipinski definition) is 6. The molecule has 1 heterocycles. The molecule has 1 aromatic heterocycles. The summed E-state index contributed by atoms with van der Waals surface area (Å²) in [7, 11) is 24.2. The number of nitrogens with two attached hydrogens (primary N) is 1. The third-order valence-corrected chi connectivity index (χ3v) is 10.1. The van der Waals surface area contributed by atoms with Crippen LogP contribution in [-0.2, 0) is 0 Å². The topological polar surface area (TPSA) is 113 Å². The molecule has 34 heavy (non-hydrogen) atoms. The summed E-state index contributed by atoms with van der Waals surface area (Å²) in [4.78, 5) is 21.4. The van der Waals surface area contributed by atoms with Gasteiger partial charge in [0.15, 0.2) is 0 Å². The molecule has 172 valence electrons. The van der Waals surface area contributed by atoms with Crippen LogP contribution in [0.25, 0.3) is 0 Å². The normalized spacial score (nSPS) is 30.2. The number of hydrogen-bond donors (Lipinski definition) is 4. The van der Waals surface area contributed by atoms with Gasteiger partial charge >= 0.3 is 0 Å². The van der Waals surface area contributed by atoms with Crippen molar-refractivity contribution in [3.8, 4) is 0 Å². The molecule has 0 bridgehead atoms. The van der Waals surface area contributed by atoms with Crippen LogP contribution in [0.3, 0.4) is 0 Å². The SMILES string of the molecule is BC(B)(B)C1(B)C(O)C(B)(B)C(B)(Nc2nc(NC(C)(C)C)ncc2C(N)=O)C(B)(B)C1(B)B. The third kappa shape index (κ3) is 4.00. The molecular weight excluding hydrogens is 413 g/mol. The van der Waals surface area contributed by atoms with Gasteiger partial charge < -0.3 is 21.5 Å². The number of rotatable bonds is 5. The molecule has 1 amide bonds. The van der Waals surface area contributed by atoms with Crippen molar-refractivity contribution in [3.05, 3.63) is 11.8 Å². The molecule has 0 radical (unpaired) electrons. The molecule has 1 aliphatic rings. The van der Waals surface area contributed by atoms with Gasteiger partial charge in [-0.15, -0.1) is 5.11 Å². The number of aliphatic hydroxyl groups excluding tert-OH is 1. The molecule has 0 spiro atoms. The van der Waals surface area contributed by atoms with Crippen LogP contribution in [0, 0.1) is 0 Å². The molecule has 0 saturated heterocycles. The van der Waals surface area contributed by atoms with Gasteiger partial charge in [0.25, 0.3) is 5.91 Å². The van der Waals surface area contributed by atoms with Crippen LogP contribution in [0.4, 0.5) is 11.8 Å². The maximum Gasteiger partial charge on any atom is 0.254 e. The Morgan fingerprint density at radius 2 is 1.53 bits per heavy atom. The van der Waals surface area contributed by atoms with E-state index < -0.39 is 28.0 Å². The Bertz CT molecular complexity index is 981. The molecule has 0 aliphatic heterocycles. The minimum Gasteiger partial charge on any atom is -0.394 e. The van der Waals surface area contributed by atoms with Gasteiger partial charge in [0.05, 0.1) is 60.5 Å². The van der Waals surface area contributed by atoms with Crippen LogP contribution in [0.1, 0.15) is 31.1 Å². The fourth-order valence-electron chi connectivity index (χ4n) is 6.37. The van der Waals surface area contributed by atoms with Crippen LogP contribution in [0.15, 0.2) is 6.20 Å². The Hall–Kier alpha value is -1.18. The lowest BCUT2D eigenvalue weighted by molar-refractivity contribution is 0.0398. The van der Waals surface area contributed by atoms with Gasteiger partial charge in [-0.25, -0.2) is 4.98 Å². The number of aromatic nitrogens is 2. The number of aliphatic hydroxyl groups is 1. The van der Waals surface area contributed by atoms with Crippen LogP contribution in [0.5, 0.6) is 0 Å². The van der Waals surface area contributed by atoms with Gasteiger partial charge in [-0.1, -0.05) is 15.7 Å². The zero-order valence-corrected chi connectivity index (χ0v) is 24.0. The second kappa shape index (κ2) is 8.17. The highest BCUT2D eigenvalue weighted by molar-refractivity contribution is 6.69. The summed E-state index contributed by atoms with van der Waals surface area (Å²) in [5, 5.41) is 17.1. The van der Waals surface area contributed by atoms with Gasteiger partial charge in [-0.2, -0.15) is 4.98 Å². The first-order valence-electron chi connectivity index (χ1n) is 12.3. The predicted molar refractivity (Wildman–Crippen MR) is 174 cm³/mol. The maximum absolute atomic E-state index is 12.3. The van der Waals surface area contributed by atoms with Crippen molar-refractivity contribution in [2.24, 2.45) is 5.73 Å². The summed E-state index contributed by atoms with van der Waals surface area (Å²) in [6.07, 6.45) is 0.824. The second-order valence-electron chi connectivity index (χ2n) is 14.3. The fraction of sp³-hybridized carbons (Fsp3) is 0.688. The molecule has 1 aromatic rings. The number of carbonyl (C=O) groups excluding carboxylic acids is 1. The van der Waals surface area contributed by atoms with E-state index in [9.17, 15) is 9.90 Å². The van der Waals surface area contributed by atoms with Crippen molar-refractivity contribution < 1.29 is 9.90 Å². The number of amides is 1. The van der Waals surface area contributed by atoms with E-state index in [-0.39, 0.29) is 26.6 Å². The summed E-state index contributed by atoms with van der Waals surface area (Å²) >= 11 is 0. The minimum absolute atomic E-state index is 0.164. The number of nitrogens with zero attached hydrogens (tertiary/aromatic N) is 2. The van der Waals surface area contributed by atoms with E-state index in [0.29, 0.717) is 11.8 Å². The van der Waals surface area contributed by atoms with E-state index in [1.165, 1.54) is 6.20 Å². The van der Waals surface area contributed by atoms with Gasteiger partial charge in [0, 0.05) is 17.8 Å². The van der Waals surface area contributed by atoms with Crippen LogP contribution in [-0.4, -0.2) is 124 Å². The molecule has 3 unspecified atom stereocenters. The molecule has 3 atom stereocenters. The molecule has 5 N–H and O–H groups in total. The Kier molecular flexibility index (Phi) is 6.99. The van der Waals surface area contributed by atoms with Crippen LogP contribution in [0.2, 0.25) is 26.1 Å². The monoisotopic (exact) mass is 453 g/mol. The number of nitrogens with one attached hydrogen (secondary N) is 2. The zero-order chi connectivity index (χ0) is 26.9. The van der Waals surface area contributed by atoms with Crippen molar-refractivity contribution >= 4 is 104 Å². The molecule has 0 aromatic carbocycles. The highest BCUT2D eigenvalue weighted by atomic mass is 16.3. The van der Waals surface area contributed by atoms with Gasteiger partial charge in [-0.3, -0.25) is 4.79 Å². The summed E-state index contributed by atoms with van der Waals surface area (Å²) in [6, 6.07) is 0. The molecule has 1 aliphatic carbocycles. The maximum atomic E-state index is 12.3. The third-order valence-electron chi connectivity index (χ3n) is 10.1. The molecule has 1 fully saturated rings. The first-order chi connectivity index (χ1) is 14.9. The van der Waals surface area contributed by atoms with E-state index in [0.717, 1.165) is 0 Å². The minimum atomic E-state index is -0.675. The average Bonchev–Trinajstić information content (AvgIpc) is 2.62. The number of primary amides is 1. The van der Waals surface area contributed by atoms with Crippen molar-refractivity contribution in [1.29, 1.82) is 0 Å². The summed E-state index contributed by atoms with van der Waals surface area (Å²) in [6.45, 7) is 6.06. The number of anilines is 2. The van der Waals surface area contributed by atoms with Gasteiger partial charge in [0.2, 0.25) is 5.95 Å².